The highest BCUT2D eigenvalue weighted by Crippen LogP contribution is 2.13. The van der Waals surface area contributed by atoms with Crippen LogP contribution < -0.4 is 14.8 Å². The minimum Gasteiger partial charge on any atom is -0.494 e. The number of carbonyl (C=O) groups is 1. The van der Waals surface area contributed by atoms with Gasteiger partial charge in [0.1, 0.15) is 5.75 Å². The van der Waals surface area contributed by atoms with E-state index < -0.39 is 10.0 Å². The third-order valence-corrected chi connectivity index (χ3v) is 3.92. The first kappa shape index (κ1) is 19.5. The minimum absolute atomic E-state index is 0.217. The summed E-state index contributed by atoms with van der Waals surface area (Å²) in [4.78, 5) is 11.9. The van der Waals surface area contributed by atoms with E-state index in [-0.39, 0.29) is 5.91 Å². The zero-order valence-corrected chi connectivity index (χ0v) is 15.5. The largest absolute Gasteiger partial charge is 0.494 e. The maximum absolute atomic E-state index is 11.9. The topological polar surface area (TPSA) is 84.5 Å². The molecule has 0 saturated carbocycles. The number of hydrogen-bond acceptors (Lipinski definition) is 4. The monoisotopic (exact) mass is 374 g/mol. The molecule has 0 heterocycles. The highest BCUT2D eigenvalue weighted by Gasteiger charge is 2.02. The molecule has 0 bridgehead atoms. The lowest BCUT2D eigenvalue weighted by Crippen LogP contribution is -2.20. The van der Waals surface area contributed by atoms with E-state index in [1.54, 1.807) is 30.3 Å². The molecule has 0 saturated heterocycles. The maximum Gasteiger partial charge on any atom is 0.244 e. The highest BCUT2D eigenvalue weighted by molar-refractivity contribution is 7.92. The van der Waals surface area contributed by atoms with Crippen LogP contribution in [0.3, 0.4) is 0 Å². The van der Waals surface area contributed by atoms with Gasteiger partial charge in [-0.15, -0.1) is 0 Å². The van der Waals surface area contributed by atoms with Gasteiger partial charge in [-0.1, -0.05) is 24.3 Å². The number of nitrogens with one attached hydrogen (secondary N) is 2. The van der Waals surface area contributed by atoms with Crippen LogP contribution in [0, 0.1) is 0 Å². The summed E-state index contributed by atoms with van der Waals surface area (Å²) in [5.74, 6) is 0.558. The number of sulfonamides is 1. The summed E-state index contributed by atoms with van der Waals surface area (Å²) in [6, 6.07) is 14.3. The summed E-state index contributed by atoms with van der Waals surface area (Å²) in [6.07, 6.45) is 4.19. The van der Waals surface area contributed by atoms with Gasteiger partial charge in [0.2, 0.25) is 15.9 Å². The van der Waals surface area contributed by atoms with Crippen molar-refractivity contribution in [2.45, 2.75) is 13.5 Å². The fourth-order valence-corrected chi connectivity index (χ4v) is 2.77. The average Bonchev–Trinajstić information content (AvgIpc) is 2.59. The molecule has 0 aromatic heterocycles. The van der Waals surface area contributed by atoms with Crippen LogP contribution >= 0.6 is 0 Å². The molecular formula is C19H22N2O4S. The Kier molecular flexibility index (Phi) is 6.80. The van der Waals surface area contributed by atoms with Gasteiger partial charge >= 0.3 is 0 Å². The normalized spacial score (nSPS) is 11.3. The van der Waals surface area contributed by atoms with Crippen molar-refractivity contribution in [3.05, 3.63) is 65.7 Å². The van der Waals surface area contributed by atoms with E-state index in [4.69, 9.17) is 4.74 Å². The summed E-state index contributed by atoms with van der Waals surface area (Å²) < 4.78 is 30.1. The Hall–Kier alpha value is -2.80. The molecule has 2 aromatic carbocycles. The predicted octanol–water partition coefficient (Wildman–Crippen LogP) is 2.79. The second kappa shape index (κ2) is 9.05. The van der Waals surface area contributed by atoms with Gasteiger partial charge in [0.05, 0.1) is 12.9 Å². The lowest BCUT2D eigenvalue weighted by atomic mass is 10.2. The Balaban J connectivity index is 1.88. The van der Waals surface area contributed by atoms with Crippen LogP contribution in [-0.2, 0) is 21.4 Å². The third-order valence-electron chi connectivity index (χ3n) is 3.32. The molecule has 0 aliphatic heterocycles. The van der Waals surface area contributed by atoms with Crippen LogP contribution in [-0.4, -0.2) is 27.2 Å². The molecule has 2 rings (SSSR count). The van der Waals surface area contributed by atoms with Gasteiger partial charge in [-0.2, -0.15) is 0 Å². The Bertz CT molecular complexity index is 875. The molecule has 26 heavy (non-hydrogen) atoms. The van der Waals surface area contributed by atoms with Crippen LogP contribution in [0.25, 0.3) is 6.08 Å². The lowest BCUT2D eigenvalue weighted by molar-refractivity contribution is -0.116. The number of ether oxygens (including phenoxy) is 1. The second-order valence-corrected chi connectivity index (χ2v) is 7.38. The number of amides is 1. The zero-order chi connectivity index (χ0) is 19.0. The molecule has 0 fully saturated rings. The summed E-state index contributed by atoms with van der Waals surface area (Å²) in [5, 5.41) is 2.81. The molecule has 6 nitrogen and oxygen atoms in total. The smallest absolute Gasteiger partial charge is 0.244 e. The van der Waals surface area contributed by atoms with E-state index in [2.05, 4.69) is 10.0 Å². The molecule has 1 amide bonds. The molecule has 7 heteroatoms. The van der Waals surface area contributed by atoms with Crippen molar-refractivity contribution in [3.8, 4) is 5.75 Å². The van der Waals surface area contributed by atoms with Crippen LogP contribution in [0.2, 0.25) is 0 Å². The standard InChI is InChI=1S/C19H22N2O4S/c1-3-25-18-6-4-5-16(13-18)14-20-19(22)12-9-15-7-10-17(11-8-15)21-26(2,23)24/h4-13,21H,3,14H2,1-2H3,(H,20,22)/b12-9+. The third kappa shape index (κ3) is 6.98. The van der Waals surface area contributed by atoms with Gasteiger partial charge in [0.25, 0.3) is 0 Å². The number of carbonyl (C=O) groups excluding carboxylic acids is 1. The van der Waals surface area contributed by atoms with Crippen LogP contribution in [0.5, 0.6) is 5.75 Å². The van der Waals surface area contributed by atoms with Gasteiger partial charge in [-0.05, 0) is 48.4 Å². The van der Waals surface area contributed by atoms with Gasteiger partial charge in [-0.25, -0.2) is 8.42 Å². The molecule has 0 atom stereocenters. The Labute approximate surface area is 153 Å². The Morgan fingerprint density at radius 3 is 2.54 bits per heavy atom. The Morgan fingerprint density at radius 2 is 1.88 bits per heavy atom. The van der Waals surface area contributed by atoms with E-state index in [1.807, 2.05) is 31.2 Å². The number of hydrogen-bond donors (Lipinski definition) is 2. The van der Waals surface area contributed by atoms with Crippen molar-refractivity contribution in [3.63, 3.8) is 0 Å². The van der Waals surface area contributed by atoms with E-state index in [9.17, 15) is 13.2 Å². The molecule has 0 aliphatic rings. The van der Waals surface area contributed by atoms with E-state index in [0.717, 1.165) is 23.1 Å². The first-order chi connectivity index (χ1) is 12.4. The van der Waals surface area contributed by atoms with Crippen molar-refractivity contribution in [2.75, 3.05) is 17.6 Å². The highest BCUT2D eigenvalue weighted by atomic mass is 32.2. The summed E-state index contributed by atoms with van der Waals surface area (Å²) >= 11 is 0. The summed E-state index contributed by atoms with van der Waals surface area (Å²) in [7, 11) is -3.30. The fourth-order valence-electron chi connectivity index (χ4n) is 2.21. The molecule has 2 N–H and O–H groups in total. The Morgan fingerprint density at radius 1 is 1.15 bits per heavy atom. The quantitative estimate of drug-likeness (QED) is 0.696. The zero-order valence-electron chi connectivity index (χ0n) is 14.7. The van der Waals surface area contributed by atoms with Crippen LogP contribution in [0.15, 0.2) is 54.6 Å². The molecule has 0 aliphatic carbocycles. The van der Waals surface area contributed by atoms with Gasteiger partial charge in [0.15, 0.2) is 0 Å². The van der Waals surface area contributed by atoms with Crippen LogP contribution in [0.1, 0.15) is 18.1 Å². The van der Waals surface area contributed by atoms with Gasteiger partial charge < -0.3 is 10.1 Å². The molecule has 138 valence electrons. The van der Waals surface area contributed by atoms with Crippen molar-refractivity contribution < 1.29 is 17.9 Å². The average molecular weight is 374 g/mol. The number of benzene rings is 2. The van der Waals surface area contributed by atoms with Crippen molar-refractivity contribution >= 4 is 27.7 Å². The second-order valence-electron chi connectivity index (χ2n) is 5.63. The van der Waals surface area contributed by atoms with Crippen molar-refractivity contribution in [2.24, 2.45) is 0 Å². The van der Waals surface area contributed by atoms with Gasteiger partial charge in [-0.3, -0.25) is 9.52 Å². The van der Waals surface area contributed by atoms with Crippen molar-refractivity contribution in [1.82, 2.24) is 5.32 Å². The van der Waals surface area contributed by atoms with Crippen LogP contribution in [0.4, 0.5) is 5.69 Å². The van der Waals surface area contributed by atoms with E-state index >= 15 is 0 Å². The molecule has 0 unspecified atom stereocenters. The lowest BCUT2D eigenvalue weighted by Gasteiger charge is -2.06. The molecule has 2 aromatic rings. The number of anilines is 1. The SMILES string of the molecule is CCOc1cccc(CNC(=O)/C=C/c2ccc(NS(C)(=O)=O)cc2)c1. The minimum atomic E-state index is -3.30. The number of rotatable bonds is 8. The summed E-state index contributed by atoms with van der Waals surface area (Å²) in [6.45, 7) is 2.92. The molecule has 0 spiro atoms. The fraction of sp³-hybridized carbons (Fsp3) is 0.211. The molecule has 0 radical (unpaired) electrons. The predicted molar refractivity (Wildman–Crippen MR) is 103 cm³/mol. The van der Waals surface area contributed by atoms with E-state index in [0.29, 0.717) is 18.8 Å². The summed E-state index contributed by atoms with van der Waals surface area (Å²) in [5.41, 5.74) is 2.22. The first-order valence-electron chi connectivity index (χ1n) is 8.11. The molecular weight excluding hydrogens is 352 g/mol. The first-order valence-corrected chi connectivity index (χ1v) is 10.0. The van der Waals surface area contributed by atoms with Gasteiger partial charge in [0, 0.05) is 18.3 Å². The van der Waals surface area contributed by atoms with Crippen molar-refractivity contribution in [1.29, 1.82) is 0 Å². The van der Waals surface area contributed by atoms with E-state index in [1.165, 1.54) is 6.08 Å². The maximum atomic E-state index is 11.9.